The number of carbonyl (C=O) groups excluding carboxylic acids is 1. The van der Waals surface area contributed by atoms with Crippen LogP contribution in [-0.2, 0) is 41.3 Å². The number of rotatable bonds is 0. The van der Waals surface area contributed by atoms with E-state index in [4.69, 9.17) is 9.90 Å². The average Bonchev–Trinajstić information content (AvgIpc) is 0.918. The number of hydrogen-bond acceptors (Lipinski definition) is 2. The number of hydrogen-bond donors (Lipinski definition) is 0. The minimum absolute atomic E-state index is 0. The van der Waals surface area contributed by atoms with Gasteiger partial charge in [-0.15, -0.1) is 0 Å². The molecule has 0 saturated carbocycles. The summed E-state index contributed by atoms with van der Waals surface area (Å²) in [7, 11) is 0. The van der Waals surface area contributed by atoms with Crippen LogP contribution in [-0.4, -0.2) is 6.47 Å². The van der Waals surface area contributed by atoms with Gasteiger partial charge in [0.05, 0.1) is 0 Å². The first-order valence-electron chi connectivity index (χ1n) is 0.471. The van der Waals surface area contributed by atoms with Crippen molar-refractivity contribution in [3.05, 3.63) is 0 Å². The zero-order valence-corrected chi connectivity index (χ0v) is 6.31. The molecule has 0 saturated heterocycles. The Labute approximate surface area is 53.2 Å². The van der Waals surface area contributed by atoms with Crippen molar-refractivity contribution < 1.29 is 46.4 Å². The zero-order chi connectivity index (χ0) is 2.71. The molecule has 0 aromatic heterocycles. The summed E-state index contributed by atoms with van der Waals surface area (Å²) in [5, 5.41) is 8.25. The Balaban J connectivity index is -0.0000000200. The molecule has 4 heteroatoms. The van der Waals surface area contributed by atoms with E-state index in [2.05, 4.69) is 0 Å². The van der Waals surface area contributed by atoms with E-state index in [1.807, 2.05) is 0 Å². The summed E-state index contributed by atoms with van der Waals surface area (Å²) in [6.07, 6.45) is 0. The Kier molecular flexibility index (Phi) is 81.0. The predicted octanol–water partition coefficient (Wildman–Crippen LogP) is -1.64. The fourth-order valence-corrected chi connectivity index (χ4v) is 0. The molecule has 0 amide bonds. The Morgan fingerprint density at radius 2 is 1.60 bits per heavy atom. The van der Waals surface area contributed by atoms with Gasteiger partial charge in [0, 0.05) is 6.47 Å². The van der Waals surface area contributed by atoms with Gasteiger partial charge in [-0.2, -0.15) is 0 Å². The molecule has 0 aliphatic rings. The van der Waals surface area contributed by atoms with Gasteiger partial charge in [0.15, 0.2) is 0 Å². The summed E-state index contributed by atoms with van der Waals surface area (Å²) in [6, 6.07) is 0. The first-order valence-corrected chi connectivity index (χ1v) is 0.471. The maximum absolute atomic E-state index is 8.25. The van der Waals surface area contributed by atoms with E-state index in [1.165, 1.54) is 0 Å². The summed E-state index contributed by atoms with van der Waals surface area (Å²) in [4.78, 5) is 8.25. The molecular weight excluding hydrogens is 173 g/mol. The molecule has 0 N–H and O–H groups in total. The molecule has 0 heterocycles. The van der Waals surface area contributed by atoms with Crippen LogP contribution in [0.15, 0.2) is 0 Å². The van der Waals surface area contributed by atoms with E-state index < -0.39 is 6.47 Å². The Bertz CT molecular complexity index is 17.1. The average molecular weight is 174 g/mol. The monoisotopic (exact) mass is 172 g/mol. The fraction of sp³-hybridized carbons (Fsp3) is 0. The Hall–Kier alpha value is 0.613. The van der Waals surface area contributed by atoms with E-state index in [1.54, 1.807) is 0 Å². The van der Waals surface area contributed by atoms with Gasteiger partial charge < -0.3 is 9.90 Å². The Morgan fingerprint density at radius 3 is 1.60 bits per heavy atom. The predicted molar refractivity (Wildman–Crippen MR) is 6.06 cm³/mol. The molecule has 5 heavy (non-hydrogen) atoms. The molecule has 0 rings (SSSR count). The zero-order valence-electron chi connectivity index (χ0n) is 2.40. The van der Waals surface area contributed by atoms with Crippen LogP contribution in [0.4, 0.5) is 0 Å². The van der Waals surface area contributed by atoms with Crippen LogP contribution in [0, 0.1) is 0 Å². The molecule has 2 nitrogen and oxygen atoms in total. The first kappa shape index (κ1) is 17.5. The van der Waals surface area contributed by atoms with Crippen LogP contribution in [0.5, 0.6) is 0 Å². The summed E-state index contributed by atoms with van der Waals surface area (Å²) >= 11 is 0. The van der Waals surface area contributed by atoms with Gasteiger partial charge >= 0.3 is 36.5 Å². The maximum atomic E-state index is 8.25. The fourth-order valence-electron chi connectivity index (χ4n) is 0. The Morgan fingerprint density at radius 1 is 1.60 bits per heavy atom. The van der Waals surface area contributed by atoms with Crippen molar-refractivity contribution in [1.29, 1.82) is 0 Å². The quantitative estimate of drug-likeness (QED) is 0.326. The number of carbonyl (C=O) groups is 1. The molecule has 0 fully saturated rings. The molecular formula is CHCuO2Zn+2. The van der Waals surface area contributed by atoms with E-state index in [9.17, 15) is 0 Å². The molecule has 0 bridgehead atoms. The smallest absolute Gasteiger partial charge is 0.554 e. The summed E-state index contributed by atoms with van der Waals surface area (Å²) in [5.74, 6) is 0. The number of carboxylic acid groups (broad SMARTS) is 1. The van der Waals surface area contributed by atoms with Gasteiger partial charge in [-0.25, -0.2) is 0 Å². The molecule has 0 aliphatic carbocycles. The standard InChI is InChI=1S/CH2O2.Cu.Zn/c2-1-3;;/h1H,(H,2,3);;/q;+1;+2/p-1. The van der Waals surface area contributed by atoms with Gasteiger partial charge in [0.1, 0.15) is 0 Å². The van der Waals surface area contributed by atoms with Crippen LogP contribution >= 0.6 is 0 Å². The molecule has 0 unspecified atom stereocenters. The molecule has 0 aliphatic heterocycles. The van der Waals surface area contributed by atoms with Crippen LogP contribution < -0.4 is 5.11 Å². The van der Waals surface area contributed by atoms with Crippen molar-refractivity contribution in [2.24, 2.45) is 0 Å². The summed E-state index contributed by atoms with van der Waals surface area (Å²) < 4.78 is 0. The third-order valence-electron chi connectivity index (χ3n) is 0. The second kappa shape index (κ2) is 23.1. The topological polar surface area (TPSA) is 40.1 Å². The minimum atomic E-state index is -0.500. The molecule has 0 aromatic rings. The first-order chi connectivity index (χ1) is 1.41. The van der Waals surface area contributed by atoms with Crippen molar-refractivity contribution in [2.45, 2.75) is 0 Å². The second-order valence-corrected chi connectivity index (χ2v) is 0.0962. The largest absolute Gasteiger partial charge is 2.00 e. The third kappa shape index (κ3) is 83.8. The molecule has 0 aromatic carbocycles. The summed E-state index contributed by atoms with van der Waals surface area (Å²) in [5.41, 5.74) is 0. The molecule has 28 valence electrons. The van der Waals surface area contributed by atoms with Crippen molar-refractivity contribution >= 4 is 6.47 Å². The van der Waals surface area contributed by atoms with E-state index in [-0.39, 0.29) is 36.5 Å². The van der Waals surface area contributed by atoms with Crippen LogP contribution in [0.2, 0.25) is 0 Å². The van der Waals surface area contributed by atoms with Gasteiger partial charge in [-0.1, -0.05) is 0 Å². The van der Waals surface area contributed by atoms with Crippen molar-refractivity contribution in [3.8, 4) is 0 Å². The molecule has 0 spiro atoms. The van der Waals surface area contributed by atoms with Crippen molar-refractivity contribution in [3.63, 3.8) is 0 Å². The van der Waals surface area contributed by atoms with Crippen LogP contribution in [0.1, 0.15) is 0 Å². The third-order valence-corrected chi connectivity index (χ3v) is 0. The minimum Gasteiger partial charge on any atom is -0.554 e. The maximum Gasteiger partial charge on any atom is 2.00 e. The molecule has 0 atom stereocenters. The SMILES string of the molecule is O=C[O-].[Cu+].[Zn+2]. The van der Waals surface area contributed by atoms with Gasteiger partial charge in [-0.05, 0) is 0 Å². The molecule has 0 radical (unpaired) electrons. The van der Waals surface area contributed by atoms with Crippen LogP contribution in [0.25, 0.3) is 0 Å². The normalized spacial score (nSPS) is 2.40. The van der Waals surface area contributed by atoms with Crippen LogP contribution in [0.3, 0.4) is 0 Å². The van der Waals surface area contributed by atoms with Gasteiger partial charge in [-0.3, -0.25) is 0 Å². The van der Waals surface area contributed by atoms with E-state index in [0.717, 1.165) is 0 Å². The van der Waals surface area contributed by atoms with Crippen molar-refractivity contribution in [1.82, 2.24) is 0 Å². The van der Waals surface area contributed by atoms with Gasteiger partial charge in [0.25, 0.3) is 0 Å². The summed E-state index contributed by atoms with van der Waals surface area (Å²) in [6.45, 7) is -0.500. The van der Waals surface area contributed by atoms with E-state index >= 15 is 0 Å². The van der Waals surface area contributed by atoms with Gasteiger partial charge in [0.2, 0.25) is 0 Å². The second-order valence-electron chi connectivity index (χ2n) is 0.0962. The van der Waals surface area contributed by atoms with E-state index in [0.29, 0.717) is 0 Å². The van der Waals surface area contributed by atoms with Crippen molar-refractivity contribution in [2.75, 3.05) is 0 Å².